The van der Waals surface area contributed by atoms with E-state index in [-0.39, 0.29) is 16.7 Å². The summed E-state index contributed by atoms with van der Waals surface area (Å²) in [5.74, 6) is 0.369. The second-order valence-electron chi connectivity index (χ2n) is 6.29. The van der Waals surface area contributed by atoms with Gasteiger partial charge >= 0.3 is 0 Å². The molecule has 0 radical (unpaired) electrons. The monoisotopic (exact) mass is 388 g/mol. The van der Waals surface area contributed by atoms with E-state index in [1.54, 1.807) is 37.6 Å². The van der Waals surface area contributed by atoms with Gasteiger partial charge in [0.2, 0.25) is 10.0 Å². The van der Waals surface area contributed by atoms with Crippen molar-refractivity contribution in [1.29, 1.82) is 0 Å². The van der Waals surface area contributed by atoms with Crippen molar-refractivity contribution in [3.05, 3.63) is 54.5 Å². The van der Waals surface area contributed by atoms with Crippen molar-refractivity contribution < 1.29 is 22.3 Å². The van der Waals surface area contributed by atoms with Gasteiger partial charge in [0.05, 0.1) is 23.6 Å². The molecule has 140 valence electrons. The van der Waals surface area contributed by atoms with Crippen LogP contribution in [0.15, 0.2) is 48.7 Å². The van der Waals surface area contributed by atoms with Crippen LogP contribution in [-0.4, -0.2) is 25.8 Å². The zero-order valence-electron chi connectivity index (χ0n) is 14.5. The molecule has 0 bridgehead atoms. The number of anilines is 1. The molecular formula is C19H17FN2O4S. The van der Waals surface area contributed by atoms with Gasteiger partial charge in [-0.25, -0.2) is 12.8 Å². The summed E-state index contributed by atoms with van der Waals surface area (Å²) >= 11 is 0. The molecule has 4 rings (SSSR count). The minimum absolute atomic E-state index is 0.0142. The van der Waals surface area contributed by atoms with Gasteiger partial charge in [0.1, 0.15) is 11.5 Å². The fourth-order valence-electron chi connectivity index (χ4n) is 2.71. The average Bonchev–Trinajstić information content (AvgIpc) is 3.49. The molecule has 0 spiro atoms. The number of halogens is 1. The van der Waals surface area contributed by atoms with Crippen LogP contribution in [0.3, 0.4) is 0 Å². The molecule has 1 saturated carbocycles. The molecule has 3 aromatic rings. The maximum Gasteiger partial charge on any atom is 0.235 e. The van der Waals surface area contributed by atoms with Gasteiger partial charge in [0.15, 0.2) is 11.6 Å². The Labute approximate surface area is 156 Å². The van der Waals surface area contributed by atoms with E-state index in [1.165, 1.54) is 12.1 Å². The van der Waals surface area contributed by atoms with Crippen molar-refractivity contribution in [1.82, 2.24) is 4.98 Å². The molecular weight excluding hydrogens is 371 g/mol. The number of aromatic nitrogens is 1. The minimum atomic E-state index is -3.44. The number of pyridine rings is 1. The molecule has 27 heavy (non-hydrogen) atoms. The number of benzene rings is 2. The molecule has 0 amide bonds. The summed E-state index contributed by atoms with van der Waals surface area (Å²) in [4.78, 5) is 4.25. The van der Waals surface area contributed by atoms with E-state index in [1.807, 2.05) is 0 Å². The standard InChI is InChI=1S/C19H17FN2O4S/c1-25-13-3-6-17-15(11-13)18(8-9-21-17)26-19-7-2-12(10-16(19)20)22-27(23,24)14-4-5-14/h2-3,6-11,14,22H,4-5H2,1H3. The van der Waals surface area contributed by atoms with Crippen molar-refractivity contribution in [3.8, 4) is 17.2 Å². The van der Waals surface area contributed by atoms with Crippen molar-refractivity contribution in [2.24, 2.45) is 0 Å². The molecule has 8 heteroatoms. The summed E-state index contributed by atoms with van der Waals surface area (Å²) < 4.78 is 51.8. The van der Waals surface area contributed by atoms with Gasteiger partial charge in [-0.1, -0.05) is 0 Å². The van der Waals surface area contributed by atoms with Crippen molar-refractivity contribution in [2.45, 2.75) is 18.1 Å². The third-order valence-corrected chi connectivity index (χ3v) is 6.15. The van der Waals surface area contributed by atoms with Gasteiger partial charge in [-0.3, -0.25) is 9.71 Å². The molecule has 0 aliphatic heterocycles. The fraction of sp³-hybridized carbons (Fsp3) is 0.211. The lowest BCUT2D eigenvalue weighted by Crippen LogP contribution is -2.17. The number of fused-ring (bicyclic) bond motifs is 1. The van der Waals surface area contributed by atoms with Gasteiger partial charge < -0.3 is 9.47 Å². The van der Waals surface area contributed by atoms with Crippen LogP contribution in [0.4, 0.5) is 10.1 Å². The largest absolute Gasteiger partial charge is 0.497 e. The Morgan fingerprint density at radius 2 is 1.93 bits per heavy atom. The second-order valence-corrected chi connectivity index (χ2v) is 8.25. The summed E-state index contributed by atoms with van der Waals surface area (Å²) in [6.45, 7) is 0. The SMILES string of the molecule is COc1ccc2nccc(Oc3ccc(NS(=O)(=O)C4CC4)cc3F)c2c1. The van der Waals surface area contributed by atoms with E-state index in [4.69, 9.17) is 9.47 Å². The number of nitrogens with zero attached hydrogens (tertiary/aromatic N) is 1. The average molecular weight is 388 g/mol. The van der Waals surface area contributed by atoms with Crippen LogP contribution in [0.5, 0.6) is 17.2 Å². The van der Waals surface area contributed by atoms with E-state index in [0.29, 0.717) is 35.2 Å². The molecule has 1 N–H and O–H groups in total. The minimum Gasteiger partial charge on any atom is -0.497 e. The summed E-state index contributed by atoms with van der Waals surface area (Å²) in [5, 5.41) is 0.296. The zero-order valence-corrected chi connectivity index (χ0v) is 15.3. The molecule has 6 nitrogen and oxygen atoms in total. The molecule has 0 unspecified atom stereocenters. The van der Waals surface area contributed by atoms with Gasteiger partial charge in [-0.15, -0.1) is 0 Å². The Morgan fingerprint density at radius 1 is 1.11 bits per heavy atom. The summed E-state index contributed by atoms with van der Waals surface area (Å²) in [5.41, 5.74) is 0.857. The predicted molar refractivity (Wildman–Crippen MR) is 100 cm³/mol. The maximum atomic E-state index is 14.5. The molecule has 2 aromatic carbocycles. The number of nitrogens with one attached hydrogen (secondary N) is 1. The summed E-state index contributed by atoms with van der Waals surface area (Å²) in [6, 6.07) is 10.9. The number of hydrogen-bond acceptors (Lipinski definition) is 5. The maximum absolute atomic E-state index is 14.5. The highest BCUT2D eigenvalue weighted by atomic mass is 32.2. The summed E-state index contributed by atoms with van der Waals surface area (Å²) in [6.07, 6.45) is 2.84. The quantitative estimate of drug-likeness (QED) is 0.689. The highest BCUT2D eigenvalue weighted by Gasteiger charge is 2.35. The van der Waals surface area contributed by atoms with E-state index < -0.39 is 15.8 Å². The van der Waals surface area contributed by atoms with Crippen LogP contribution in [0.2, 0.25) is 0 Å². The van der Waals surface area contributed by atoms with Crippen LogP contribution in [0.1, 0.15) is 12.8 Å². The Hall–Kier alpha value is -2.87. The zero-order chi connectivity index (χ0) is 19.0. The van der Waals surface area contributed by atoms with Gasteiger partial charge in [-0.05, 0) is 49.2 Å². The second kappa shape index (κ2) is 6.70. The molecule has 1 aromatic heterocycles. The first-order valence-corrected chi connectivity index (χ1v) is 9.93. The lowest BCUT2D eigenvalue weighted by atomic mass is 10.2. The number of sulfonamides is 1. The smallest absolute Gasteiger partial charge is 0.235 e. The lowest BCUT2D eigenvalue weighted by Gasteiger charge is -2.12. The van der Waals surface area contributed by atoms with E-state index in [9.17, 15) is 12.8 Å². The molecule has 0 saturated heterocycles. The Balaban J connectivity index is 1.62. The van der Waals surface area contributed by atoms with Crippen LogP contribution in [0, 0.1) is 5.82 Å². The topological polar surface area (TPSA) is 77.5 Å². The highest BCUT2D eigenvalue weighted by Crippen LogP contribution is 2.34. The fourth-order valence-corrected chi connectivity index (χ4v) is 4.09. The van der Waals surface area contributed by atoms with Crippen LogP contribution >= 0.6 is 0 Å². The van der Waals surface area contributed by atoms with Crippen LogP contribution < -0.4 is 14.2 Å². The predicted octanol–water partition coefficient (Wildman–Crippen LogP) is 4.08. The van der Waals surface area contributed by atoms with Gasteiger partial charge in [0.25, 0.3) is 0 Å². The molecule has 1 aliphatic carbocycles. The first-order valence-electron chi connectivity index (χ1n) is 8.38. The molecule has 1 heterocycles. The molecule has 1 aliphatic rings. The summed E-state index contributed by atoms with van der Waals surface area (Å²) in [7, 11) is -1.89. The molecule has 0 atom stereocenters. The van der Waals surface area contributed by atoms with E-state index >= 15 is 0 Å². The first kappa shape index (κ1) is 17.5. The number of methoxy groups -OCH3 is 1. The van der Waals surface area contributed by atoms with Crippen molar-refractivity contribution >= 4 is 26.6 Å². The van der Waals surface area contributed by atoms with Crippen molar-refractivity contribution in [2.75, 3.05) is 11.8 Å². The lowest BCUT2D eigenvalue weighted by molar-refractivity contribution is 0.415. The van der Waals surface area contributed by atoms with Gasteiger partial charge in [0, 0.05) is 17.6 Å². The number of ether oxygens (including phenoxy) is 2. The Morgan fingerprint density at radius 3 is 2.63 bits per heavy atom. The van der Waals surface area contributed by atoms with Crippen LogP contribution in [0.25, 0.3) is 10.9 Å². The van der Waals surface area contributed by atoms with Crippen molar-refractivity contribution in [3.63, 3.8) is 0 Å². The highest BCUT2D eigenvalue weighted by molar-refractivity contribution is 7.93. The number of hydrogen-bond donors (Lipinski definition) is 1. The Bertz CT molecular complexity index is 1110. The van der Waals surface area contributed by atoms with E-state index in [0.717, 1.165) is 6.07 Å². The normalized spacial score (nSPS) is 14.1. The number of rotatable bonds is 6. The molecule has 1 fully saturated rings. The van der Waals surface area contributed by atoms with Gasteiger partial charge in [-0.2, -0.15) is 0 Å². The van der Waals surface area contributed by atoms with Crippen LogP contribution in [-0.2, 0) is 10.0 Å². The van der Waals surface area contributed by atoms with E-state index in [2.05, 4.69) is 9.71 Å². The third-order valence-electron chi connectivity index (χ3n) is 4.28. The third kappa shape index (κ3) is 3.66. The Kier molecular flexibility index (Phi) is 4.35. The first-order chi connectivity index (χ1) is 13.0.